The zero-order chi connectivity index (χ0) is 14.7. The first-order valence-corrected chi connectivity index (χ1v) is 7.21. The maximum atomic E-state index is 5.64. The molecule has 5 nitrogen and oxygen atoms in total. The molecular weight excluding hydrogens is 268 g/mol. The average molecular weight is 288 g/mol. The Kier molecular flexibility index (Phi) is 4.22. The van der Waals surface area contributed by atoms with Gasteiger partial charge in [0, 0.05) is 25.0 Å². The predicted molar refractivity (Wildman–Crippen MR) is 80.2 cm³/mol. The molecule has 0 bridgehead atoms. The lowest BCUT2D eigenvalue weighted by atomic mass is 9.85. The summed E-state index contributed by atoms with van der Waals surface area (Å²) >= 11 is 0. The van der Waals surface area contributed by atoms with Gasteiger partial charge in [0.25, 0.3) is 0 Å². The molecular formula is C16H20N2O3. The van der Waals surface area contributed by atoms with Crippen molar-refractivity contribution >= 4 is 5.69 Å². The van der Waals surface area contributed by atoms with Crippen LogP contribution in [0.5, 0.6) is 0 Å². The zero-order valence-electron chi connectivity index (χ0n) is 12.3. The Bertz CT molecular complexity index is 571. The van der Waals surface area contributed by atoms with Crippen LogP contribution >= 0.6 is 0 Å². The third kappa shape index (κ3) is 2.94. The summed E-state index contributed by atoms with van der Waals surface area (Å²) in [5.41, 5.74) is 2.05. The topological polar surface area (TPSA) is 56.5 Å². The van der Waals surface area contributed by atoms with Gasteiger partial charge in [-0.3, -0.25) is 0 Å². The number of anilines is 1. The van der Waals surface area contributed by atoms with Crippen LogP contribution in [0.4, 0.5) is 5.69 Å². The van der Waals surface area contributed by atoms with Crippen molar-refractivity contribution in [1.29, 1.82) is 0 Å². The standard InChI is InChI=1S/C16H20N2O3/c1-3-20-14-8-13(16(14)19-2)18-12-6-4-5-11(7-12)15-9-17-10-21-15/h4-7,9-10,13-14,16,18H,3,8H2,1-2H3. The van der Waals surface area contributed by atoms with E-state index >= 15 is 0 Å². The molecule has 2 aromatic rings. The number of hydrogen-bond donors (Lipinski definition) is 1. The summed E-state index contributed by atoms with van der Waals surface area (Å²) in [6.45, 7) is 2.73. The molecule has 1 aromatic heterocycles. The molecule has 1 heterocycles. The van der Waals surface area contributed by atoms with Gasteiger partial charge in [0.1, 0.15) is 6.10 Å². The van der Waals surface area contributed by atoms with Crippen LogP contribution in [0.15, 0.2) is 41.3 Å². The molecule has 0 radical (unpaired) electrons. The molecule has 0 spiro atoms. The van der Waals surface area contributed by atoms with E-state index in [-0.39, 0.29) is 18.2 Å². The largest absolute Gasteiger partial charge is 0.444 e. The van der Waals surface area contributed by atoms with Crippen LogP contribution in [0.1, 0.15) is 13.3 Å². The Morgan fingerprint density at radius 3 is 3.05 bits per heavy atom. The summed E-state index contributed by atoms with van der Waals surface area (Å²) in [6.07, 6.45) is 4.40. The molecule has 21 heavy (non-hydrogen) atoms. The lowest BCUT2D eigenvalue weighted by Gasteiger charge is -2.43. The van der Waals surface area contributed by atoms with Gasteiger partial charge in [-0.1, -0.05) is 12.1 Å². The summed E-state index contributed by atoms with van der Waals surface area (Å²) < 4.78 is 16.5. The number of aromatic nitrogens is 1. The summed E-state index contributed by atoms with van der Waals surface area (Å²) in [6, 6.07) is 8.38. The molecule has 5 heteroatoms. The molecule has 1 aliphatic carbocycles. The fourth-order valence-corrected chi connectivity index (χ4v) is 2.75. The van der Waals surface area contributed by atoms with Gasteiger partial charge in [0.05, 0.1) is 18.3 Å². The Hall–Kier alpha value is -1.85. The van der Waals surface area contributed by atoms with Crippen LogP contribution in [0.2, 0.25) is 0 Å². The summed E-state index contributed by atoms with van der Waals surface area (Å²) in [5.74, 6) is 0.766. The van der Waals surface area contributed by atoms with Gasteiger partial charge in [-0.25, -0.2) is 4.98 Å². The third-order valence-electron chi connectivity index (χ3n) is 3.83. The van der Waals surface area contributed by atoms with E-state index in [9.17, 15) is 0 Å². The Labute approximate surface area is 124 Å². The summed E-state index contributed by atoms with van der Waals surface area (Å²) in [4.78, 5) is 3.95. The highest BCUT2D eigenvalue weighted by Crippen LogP contribution is 2.31. The van der Waals surface area contributed by atoms with Crippen LogP contribution in [0, 0.1) is 0 Å². The number of nitrogens with zero attached hydrogens (tertiary/aromatic N) is 1. The normalized spacial score (nSPS) is 24.6. The minimum atomic E-state index is 0.0962. The van der Waals surface area contributed by atoms with E-state index in [4.69, 9.17) is 13.9 Å². The lowest BCUT2D eigenvalue weighted by Crippen LogP contribution is -2.56. The smallest absolute Gasteiger partial charge is 0.181 e. The highest BCUT2D eigenvalue weighted by Gasteiger charge is 2.42. The van der Waals surface area contributed by atoms with E-state index in [1.165, 1.54) is 6.39 Å². The molecule has 1 aromatic carbocycles. The Morgan fingerprint density at radius 1 is 1.43 bits per heavy atom. The van der Waals surface area contributed by atoms with E-state index in [2.05, 4.69) is 16.4 Å². The van der Waals surface area contributed by atoms with Crippen molar-refractivity contribution in [3.63, 3.8) is 0 Å². The molecule has 1 saturated carbocycles. The average Bonchev–Trinajstić information content (AvgIpc) is 3.01. The van der Waals surface area contributed by atoms with Gasteiger partial charge in [0.2, 0.25) is 0 Å². The summed E-state index contributed by atoms with van der Waals surface area (Å²) in [5, 5.41) is 3.50. The molecule has 1 fully saturated rings. The van der Waals surface area contributed by atoms with Gasteiger partial charge in [-0.15, -0.1) is 0 Å². The van der Waals surface area contributed by atoms with Crippen molar-refractivity contribution in [3.05, 3.63) is 36.9 Å². The van der Waals surface area contributed by atoms with Crippen molar-refractivity contribution in [2.45, 2.75) is 31.6 Å². The van der Waals surface area contributed by atoms with Gasteiger partial charge in [-0.05, 0) is 25.5 Å². The summed E-state index contributed by atoms with van der Waals surface area (Å²) in [7, 11) is 1.73. The molecule has 112 valence electrons. The highest BCUT2D eigenvalue weighted by atomic mass is 16.5. The number of nitrogens with one attached hydrogen (secondary N) is 1. The van der Waals surface area contributed by atoms with Crippen molar-refractivity contribution in [2.24, 2.45) is 0 Å². The van der Waals surface area contributed by atoms with Gasteiger partial charge in [0.15, 0.2) is 12.2 Å². The molecule has 0 saturated heterocycles. The van der Waals surface area contributed by atoms with Gasteiger partial charge in [-0.2, -0.15) is 0 Å². The Balaban J connectivity index is 1.67. The zero-order valence-corrected chi connectivity index (χ0v) is 12.3. The number of benzene rings is 1. The van der Waals surface area contributed by atoms with Crippen LogP contribution in [0.3, 0.4) is 0 Å². The number of methoxy groups -OCH3 is 1. The van der Waals surface area contributed by atoms with E-state index in [1.54, 1.807) is 13.3 Å². The van der Waals surface area contributed by atoms with Crippen molar-refractivity contribution in [3.8, 4) is 11.3 Å². The number of ether oxygens (including phenoxy) is 2. The molecule has 3 unspecified atom stereocenters. The predicted octanol–water partition coefficient (Wildman–Crippen LogP) is 2.95. The van der Waals surface area contributed by atoms with Crippen LogP contribution < -0.4 is 5.32 Å². The van der Waals surface area contributed by atoms with Gasteiger partial charge < -0.3 is 19.2 Å². The first kappa shape index (κ1) is 14.1. The minimum Gasteiger partial charge on any atom is -0.444 e. The van der Waals surface area contributed by atoms with Crippen molar-refractivity contribution in [1.82, 2.24) is 4.98 Å². The second kappa shape index (κ2) is 6.28. The van der Waals surface area contributed by atoms with E-state index in [0.717, 1.165) is 30.0 Å². The van der Waals surface area contributed by atoms with Crippen LogP contribution in [0.25, 0.3) is 11.3 Å². The number of hydrogen-bond acceptors (Lipinski definition) is 5. The van der Waals surface area contributed by atoms with Crippen molar-refractivity contribution < 1.29 is 13.9 Å². The lowest BCUT2D eigenvalue weighted by molar-refractivity contribution is -0.118. The molecule has 3 rings (SSSR count). The first-order chi connectivity index (χ1) is 10.3. The Morgan fingerprint density at radius 2 is 2.33 bits per heavy atom. The fraction of sp³-hybridized carbons (Fsp3) is 0.438. The second-order valence-electron chi connectivity index (χ2n) is 5.13. The fourth-order valence-electron chi connectivity index (χ4n) is 2.75. The molecule has 1 aliphatic rings. The van der Waals surface area contributed by atoms with Gasteiger partial charge >= 0.3 is 0 Å². The quantitative estimate of drug-likeness (QED) is 0.885. The minimum absolute atomic E-state index is 0.0962. The highest BCUT2D eigenvalue weighted by molar-refractivity contribution is 5.63. The maximum absolute atomic E-state index is 5.64. The monoisotopic (exact) mass is 288 g/mol. The molecule has 0 aliphatic heterocycles. The maximum Gasteiger partial charge on any atom is 0.181 e. The number of oxazole rings is 1. The van der Waals surface area contributed by atoms with E-state index in [0.29, 0.717) is 0 Å². The molecule has 3 atom stereocenters. The SMILES string of the molecule is CCOC1CC(Nc2cccc(-c3cnco3)c2)C1OC. The first-order valence-electron chi connectivity index (χ1n) is 7.21. The molecule has 1 N–H and O–H groups in total. The second-order valence-corrected chi connectivity index (χ2v) is 5.13. The van der Waals surface area contributed by atoms with Crippen LogP contribution in [-0.2, 0) is 9.47 Å². The van der Waals surface area contributed by atoms with Crippen LogP contribution in [-0.4, -0.2) is 37.0 Å². The van der Waals surface area contributed by atoms with E-state index in [1.807, 2.05) is 25.1 Å². The third-order valence-corrected chi connectivity index (χ3v) is 3.83. The number of rotatable bonds is 6. The van der Waals surface area contributed by atoms with Crippen molar-refractivity contribution in [2.75, 3.05) is 19.0 Å². The van der Waals surface area contributed by atoms with E-state index < -0.39 is 0 Å². The molecule has 0 amide bonds.